The van der Waals surface area contributed by atoms with E-state index in [2.05, 4.69) is 45.1 Å². The normalized spacial score (nSPS) is 13.1. The first-order valence-electron chi connectivity index (χ1n) is 18.5. The summed E-state index contributed by atoms with van der Waals surface area (Å²) in [5.41, 5.74) is 4.11. The highest BCUT2D eigenvalue weighted by atomic mass is 16.2. The fourth-order valence-corrected chi connectivity index (χ4v) is 7.38. The predicted molar refractivity (Wildman–Crippen MR) is 185 cm³/mol. The first-order valence-corrected chi connectivity index (χ1v) is 18.5. The lowest BCUT2D eigenvalue weighted by Crippen LogP contribution is -2.36. The molecule has 43 heavy (non-hydrogen) atoms. The molecule has 0 saturated heterocycles. The molecule has 0 aromatic heterocycles. The third-order valence-electron chi connectivity index (χ3n) is 9.93. The number of amides is 2. The maximum Gasteiger partial charge on any atom is 0.259 e. The van der Waals surface area contributed by atoms with E-state index in [4.69, 9.17) is 0 Å². The summed E-state index contributed by atoms with van der Waals surface area (Å²) in [5, 5.41) is 4.69. The van der Waals surface area contributed by atoms with E-state index in [0.29, 0.717) is 17.4 Å². The van der Waals surface area contributed by atoms with Gasteiger partial charge in [-0.05, 0) is 47.3 Å². The molecule has 2 amide bonds. The zero-order valence-electron chi connectivity index (χ0n) is 28.3. The molecule has 240 valence electrons. The van der Waals surface area contributed by atoms with E-state index >= 15 is 0 Å². The summed E-state index contributed by atoms with van der Waals surface area (Å²) in [4.78, 5) is 26.6. The maximum atomic E-state index is 13.7. The minimum absolute atomic E-state index is 0.177. The van der Waals surface area contributed by atoms with Crippen molar-refractivity contribution in [3.8, 4) is 0 Å². The summed E-state index contributed by atoms with van der Waals surface area (Å²) in [6, 6.07) is 8.37. The number of unbranched alkanes of at least 4 members (excludes halogenated alkanes) is 12. The number of rotatable bonds is 24. The van der Waals surface area contributed by atoms with Crippen molar-refractivity contribution in [1.29, 1.82) is 0 Å². The molecule has 0 radical (unpaired) electrons. The molecule has 0 aliphatic carbocycles. The van der Waals surface area contributed by atoms with E-state index in [-0.39, 0.29) is 11.8 Å². The Balaban J connectivity index is 2.00. The zero-order chi connectivity index (χ0) is 30.9. The summed E-state index contributed by atoms with van der Waals surface area (Å²) in [6.45, 7) is 9.15. The molecule has 1 aliphatic rings. The van der Waals surface area contributed by atoms with Gasteiger partial charge >= 0.3 is 0 Å². The molecule has 0 unspecified atom stereocenters. The fourth-order valence-electron chi connectivity index (χ4n) is 7.38. The molecule has 1 aliphatic heterocycles. The highest BCUT2D eigenvalue weighted by molar-refractivity contribution is 6.26. The van der Waals surface area contributed by atoms with Gasteiger partial charge in [-0.1, -0.05) is 174 Å². The summed E-state index contributed by atoms with van der Waals surface area (Å²) < 4.78 is 0. The number of benzene rings is 2. The Hall–Kier alpha value is -2.16. The topological polar surface area (TPSA) is 46.2 Å². The van der Waals surface area contributed by atoms with Crippen LogP contribution in [0.4, 0.5) is 0 Å². The van der Waals surface area contributed by atoms with Crippen molar-refractivity contribution in [2.75, 3.05) is 0 Å². The number of carbonyl (C=O) groups is 2. The smallest absolute Gasteiger partial charge is 0.259 e. The van der Waals surface area contributed by atoms with Crippen molar-refractivity contribution in [2.24, 2.45) is 11.8 Å². The quantitative estimate of drug-likeness (QED) is 0.0977. The van der Waals surface area contributed by atoms with Crippen LogP contribution in [-0.4, -0.2) is 11.8 Å². The van der Waals surface area contributed by atoms with Crippen molar-refractivity contribution in [3.05, 3.63) is 46.5 Å². The van der Waals surface area contributed by atoms with Crippen molar-refractivity contribution in [3.63, 3.8) is 0 Å². The molecule has 0 atom stereocenters. The van der Waals surface area contributed by atoms with E-state index in [1.54, 1.807) is 0 Å². The first kappa shape index (κ1) is 35.3. The Labute approximate surface area is 264 Å². The van der Waals surface area contributed by atoms with Crippen LogP contribution >= 0.6 is 0 Å². The lowest BCUT2D eigenvalue weighted by Gasteiger charge is -2.27. The van der Waals surface area contributed by atoms with Crippen LogP contribution in [0.2, 0.25) is 0 Å². The Kier molecular flexibility index (Phi) is 16.4. The van der Waals surface area contributed by atoms with Gasteiger partial charge in [0.2, 0.25) is 0 Å². The SMILES string of the molecule is CCCCCCC(CCCCCC)Cc1cc2cccc3c2c(c1CC(CCCCCC)CCCCCC)C(=O)NC3=O. The van der Waals surface area contributed by atoms with Crippen molar-refractivity contribution in [2.45, 2.75) is 169 Å². The zero-order valence-corrected chi connectivity index (χ0v) is 28.3. The molecule has 2 aromatic rings. The number of hydrogen-bond acceptors (Lipinski definition) is 2. The molecule has 3 rings (SSSR count). The maximum absolute atomic E-state index is 13.7. The third kappa shape index (κ3) is 11.1. The van der Waals surface area contributed by atoms with E-state index in [9.17, 15) is 9.59 Å². The van der Waals surface area contributed by atoms with Gasteiger partial charge in [0, 0.05) is 10.9 Å². The molecule has 3 heteroatoms. The molecule has 0 spiro atoms. The highest BCUT2D eigenvalue weighted by Crippen LogP contribution is 2.37. The van der Waals surface area contributed by atoms with Gasteiger partial charge in [-0.3, -0.25) is 14.9 Å². The minimum Gasteiger partial charge on any atom is -0.288 e. The van der Waals surface area contributed by atoms with Gasteiger partial charge < -0.3 is 0 Å². The molecule has 2 aromatic carbocycles. The molecular formula is C40H63NO2. The van der Waals surface area contributed by atoms with Crippen molar-refractivity contribution < 1.29 is 9.59 Å². The average molecular weight is 590 g/mol. The lowest BCUT2D eigenvalue weighted by molar-refractivity contribution is 0.0844. The molecule has 1 N–H and O–H groups in total. The van der Waals surface area contributed by atoms with Gasteiger partial charge in [-0.15, -0.1) is 0 Å². The van der Waals surface area contributed by atoms with Crippen LogP contribution in [0.1, 0.15) is 188 Å². The van der Waals surface area contributed by atoms with E-state index in [1.165, 1.54) is 140 Å². The lowest BCUT2D eigenvalue weighted by atomic mass is 9.79. The minimum atomic E-state index is -0.248. The van der Waals surface area contributed by atoms with Gasteiger partial charge in [-0.25, -0.2) is 0 Å². The van der Waals surface area contributed by atoms with Crippen LogP contribution < -0.4 is 5.32 Å². The molecule has 1 heterocycles. The molecule has 0 bridgehead atoms. The Morgan fingerprint density at radius 1 is 0.581 bits per heavy atom. The first-order chi connectivity index (χ1) is 21.0. The second-order valence-corrected chi connectivity index (χ2v) is 13.6. The second-order valence-electron chi connectivity index (χ2n) is 13.6. The van der Waals surface area contributed by atoms with Crippen LogP contribution in [0.3, 0.4) is 0 Å². The van der Waals surface area contributed by atoms with Gasteiger partial charge in [0.05, 0.1) is 5.56 Å². The van der Waals surface area contributed by atoms with E-state index < -0.39 is 0 Å². The van der Waals surface area contributed by atoms with Crippen LogP contribution in [0.25, 0.3) is 10.8 Å². The summed E-state index contributed by atoms with van der Waals surface area (Å²) >= 11 is 0. The number of imide groups is 1. The fraction of sp³-hybridized carbons (Fsp3) is 0.700. The van der Waals surface area contributed by atoms with Crippen LogP contribution in [-0.2, 0) is 12.8 Å². The summed E-state index contributed by atoms with van der Waals surface area (Å²) in [5.74, 6) is 0.818. The van der Waals surface area contributed by atoms with Gasteiger partial charge in [0.1, 0.15) is 0 Å². The molecule has 0 saturated carbocycles. The van der Waals surface area contributed by atoms with E-state index in [1.807, 2.05) is 12.1 Å². The monoisotopic (exact) mass is 589 g/mol. The average Bonchev–Trinajstić information content (AvgIpc) is 3.00. The molecular weight excluding hydrogens is 526 g/mol. The standard InChI is InChI=1S/C40H63NO2/c1-5-9-13-17-22-31(23-18-14-10-6-2)28-34-30-33-26-21-27-35-37(33)38(40(43)41-39(35)42)36(34)29-32(24-19-15-11-7-3)25-20-16-12-8-4/h21,26-27,30-32H,5-20,22-25,28-29H2,1-4H3,(H,41,42,43). The number of hydrogen-bond donors (Lipinski definition) is 1. The van der Waals surface area contributed by atoms with Crippen LogP contribution in [0, 0.1) is 11.8 Å². The highest BCUT2D eigenvalue weighted by Gasteiger charge is 2.30. The Bertz CT molecular complexity index is 1100. The number of carbonyl (C=O) groups excluding carboxylic acids is 2. The van der Waals surface area contributed by atoms with Crippen molar-refractivity contribution in [1.82, 2.24) is 5.32 Å². The van der Waals surface area contributed by atoms with Gasteiger partial charge in [0.15, 0.2) is 0 Å². The largest absolute Gasteiger partial charge is 0.288 e. The third-order valence-corrected chi connectivity index (χ3v) is 9.93. The predicted octanol–water partition coefficient (Wildman–Crippen LogP) is 11.9. The second kappa shape index (κ2) is 20.0. The van der Waals surface area contributed by atoms with Crippen molar-refractivity contribution >= 4 is 22.6 Å². The molecule has 3 nitrogen and oxygen atoms in total. The summed E-state index contributed by atoms with van der Waals surface area (Å²) in [6.07, 6.45) is 27.8. The van der Waals surface area contributed by atoms with E-state index in [0.717, 1.165) is 29.2 Å². The van der Waals surface area contributed by atoms with Gasteiger partial charge in [-0.2, -0.15) is 0 Å². The number of nitrogens with one attached hydrogen (secondary N) is 1. The Morgan fingerprint density at radius 3 is 1.56 bits per heavy atom. The summed E-state index contributed by atoms with van der Waals surface area (Å²) in [7, 11) is 0. The molecule has 0 fully saturated rings. The van der Waals surface area contributed by atoms with Gasteiger partial charge in [0.25, 0.3) is 11.8 Å². The Morgan fingerprint density at radius 2 is 1.07 bits per heavy atom. The van der Waals surface area contributed by atoms with Crippen LogP contribution in [0.15, 0.2) is 24.3 Å². The van der Waals surface area contributed by atoms with Crippen LogP contribution in [0.5, 0.6) is 0 Å².